The van der Waals surface area contributed by atoms with E-state index < -0.39 is 57.8 Å². The molecule has 0 bridgehead atoms. The summed E-state index contributed by atoms with van der Waals surface area (Å²) in [7, 11) is 0. The molecule has 3 fully saturated rings. The predicted molar refractivity (Wildman–Crippen MR) is 414 cm³/mol. The Balaban J connectivity index is 0.000000116. The van der Waals surface area contributed by atoms with Crippen LogP contribution in [0, 0.1) is 0 Å². The molecule has 3 saturated heterocycles. The van der Waals surface area contributed by atoms with Gasteiger partial charge in [-0.3, -0.25) is 57.7 Å². The van der Waals surface area contributed by atoms with E-state index in [0.29, 0.717) is 140 Å². The third kappa shape index (κ3) is 14.4. The number of ketones is 10. The number of aliphatic hydroxyl groups excluding tert-OH is 1. The molecule has 8 aliphatic rings. The van der Waals surface area contributed by atoms with Crippen molar-refractivity contribution in [2.45, 2.75) is 105 Å². The summed E-state index contributed by atoms with van der Waals surface area (Å²) in [4.78, 5) is 160. The van der Waals surface area contributed by atoms with Crippen LogP contribution in [0.25, 0.3) is 56.3 Å². The van der Waals surface area contributed by atoms with Crippen LogP contribution in [0.3, 0.4) is 0 Å². The van der Waals surface area contributed by atoms with E-state index >= 15 is 0 Å². The fraction of sp³-hybridized carbons (Fsp3) is 0.345. The van der Waals surface area contributed by atoms with Gasteiger partial charge in [0, 0.05) is 132 Å². The number of morpholine rings is 2. The van der Waals surface area contributed by atoms with Gasteiger partial charge in [0.15, 0.2) is 0 Å². The van der Waals surface area contributed by atoms with Gasteiger partial charge in [-0.05, 0) is 32.9 Å². The number of rotatable bonds is 13. The number of carbonyl (C=O) groups excluding carboxylic acids is 10. The number of halogens is 1. The molecule has 5 aliphatic carbocycles. The normalized spacial score (nSPS) is 16.3. The Labute approximate surface area is 644 Å². The van der Waals surface area contributed by atoms with Gasteiger partial charge in [-0.25, -0.2) is 24.9 Å². The summed E-state index contributed by atoms with van der Waals surface area (Å²) < 4.78 is 16.1. The lowest BCUT2D eigenvalue weighted by Crippen LogP contribution is -2.38. The summed E-state index contributed by atoms with van der Waals surface area (Å²) >= 11 is 5.85. The molecule has 570 valence electrons. The van der Waals surface area contributed by atoms with Crippen LogP contribution in [0.1, 0.15) is 213 Å². The van der Waals surface area contributed by atoms with Crippen molar-refractivity contribution in [1.29, 1.82) is 0 Å². The van der Waals surface area contributed by atoms with Crippen LogP contribution in [-0.2, 0) is 29.1 Å². The molecule has 10 aromatic rings. The Hall–Kier alpha value is -11.3. The van der Waals surface area contributed by atoms with E-state index in [9.17, 15) is 53.1 Å². The Morgan fingerprint density at radius 3 is 1.09 bits per heavy atom. The summed E-state index contributed by atoms with van der Waals surface area (Å²) in [6, 6.07) is 35.8. The van der Waals surface area contributed by atoms with Gasteiger partial charge in [-0.2, -0.15) is 0 Å². The molecule has 26 nitrogen and oxygen atoms in total. The Morgan fingerprint density at radius 2 is 0.712 bits per heavy atom. The number of ether oxygens (including phenoxy) is 2. The zero-order valence-corrected chi connectivity index (χ0v) is 63.5. The minimum atomic E-state index is -0.545. The standard InChI is InChI=1S/C20H23N3O3.C17H17N3O2.C16H15ClN2O2.C16H16N2O3.C15H13N3O3/c1-13(2)20-21-16-14-5-3-4-6-15(14)18(24)19(25)17(16)23(20)8-7-22-9-11-26-12-10-22;1-10(20-8-4-5-9-20)17-18-13-11-6-2-3-7-12(11)15(21)16(22)14(13)19-17;1-9(2)16-18-12-10-5-3-4-6-11(10)14(20)15(21)13(12)19(16)8-7-17;1-9(2)16-17-12-10-5-3-4-6-11(10)14(20)15(21)13(12)18(16)7-8-19;19-13-10-4-2-1-3-9(10)11-12(14(13)20)17-15(16-11)18-5-7-21-8-6-18/h3-6,13H,7-12H2,1-2H3;2-3,6-7,10H,4-5,8-9H2,1H3,(H,18,19);3-6,9H,7-8H2,1-2H3;3-6,9,19H,7-8H2,1-2H3;1-4H,5-8H2,(H,16,17). The molecule has 3 N–H and O–H groups in total. The van der Waals surface area contributed by atoms with Crippen molar-refractivity contribution in [2.24, 2.45) is 0 Å². The first-order chi connectivity index (χ1) is 53.6. The largest absolute Gasteiger partial charge is 0.395 e. The number of hydrogen-bond acceptors (Lipinski definition) is 21. The van der Waals surface area contributed by atoms with E-state index in [1.54, 1.807) is 75.9 Å². The number of aliphatic hydroxyl groups is 1. The van der Waals surface area contributed by atoms with Crippen LogP contribution < -0.4 is 4.90 Å². The highest BCUT2D eigenvalue weighted by Crippen LogP contribution is 2.41. The van der Waals surface area contributed by atoms with Crippen LogP contribution in [0.15, 0.2) is 121 Å². The van der Waals surface area contributed by atoms with E-state index in [1.807, 2.05) is 91.8 Å². The van der Waals surface area contributed by atoms with Crippen molar-refractivity contribution in [3.63, 3.8) is 0 Å². The highest BCUT2D eigenvalue weighted by atomic mass is 35.5. The van der Waals surface area contributed by atoms with Crippen LogP contribution in [-0.4, -0.2) is 206 Å². The van der Waals surface area contributed by atoms with Crippen molar-refractivity contribution in [2.75, 3.05) is 89.6 Å². The van der Waals surface area contributed by atoms with Crippen molar-refractivity contribution in [3.8, 4) is 56.3 Å². The van der Waals surface area contributed by atoms with E-state index in [1.165, 1.54) is 12.8 Å². The maximum atomic E-state index is 12.8. The Bertz CT molecular complexity index is 5270. The summed E-state index contributed by atoms with van der Waals surface area (Å²) in [5.41, 5.74) is 10.5. The average molecular weight is 1520 g/mol. The van der Waals surface area contributed by atoms with Gasteiger partial charge in [-0.1, -0.05) is 163 Å². The SMILES string of the molecule is CC(C)c1nc2c(n1CCCl)C(=O)C(=O)c1ccccc1-2.CC(C)c1nc2c(n1CCN1CCOCC1)C(=O)C(=O)c1ccccc1-2.CC(C)c1nc2c(n1CCO)C(=O)C(=O)c1ccccc1-2.CC(c1nc2c([nH]1)C(=O)C(=O)c1ccccc1-2)N1CCCC1.O=C1C(=O)c2[nH]c(N3CCOCC3)nc2-c2ccccc21. The molecule has 27 heteroatoms. The second-order valence-corrected chi connectivity index (χ2v) is 29.3. The van der Waals surface area contributed by atoms with Gasteiger partial charge in [0.05, 0.1) is 39.1 Å². The molecule has 111 heavy (non-hydrogen) atoms. The quantitative estimate of drug-likeness (QED) is 0.0713. The number of imidazole rings is 5. The van der Waals surface area contributed by atoms with Crippen LogP contribution in [0.2, 0.25) is 0 Å². The topological polar surface area (TPSA) is 330 Å². The molecule has 0 spiro atoms. The number of aromatic nitrogens is 10. The molecule has 0 amide bonds. The number of nitrogens with zero attached hydrogens (tertiary/aromatic N) is 11. The summed E-state index contributed by atoms with van der Waals surface area (Å²) in [5, 5.41) is 9.25. The Morgan fingerprint density at radius 1 is 0.378 bits per heavy atom. The fourth-order valence-electron chi connectivity index (χ4n) is 15.4. The van der Waals surface area contributed by atoms with Crippen molar-refractivity contribution < 1.29 is 62.5 Å². The van der Waals surface area contributed by atoms with E-state index in [2.05, 4.69) is 60.5 Å². The second kappa shape index (κ2) is 32.4. The van der Waals surface area contributed by atoms with Gasteiger partial charge >= 0.3 is 0 Å². The number of Topliss-reactive ketones (excluding diaryl/α,β-unsaturated/α-hetero) is 10. The third-order valence-electron chi connectivity index (χ3n) is 21.0. The van der Waals surface area contributed by atoms with Crippen LogP contribution in [0.4, 0.5) is 5.95 Å². The minimum absolute atomic E-state index is 0.0946. The molecule has 5 aromatic heterocycles. The molecule has 18 rings (SSSR count). The number of aromatic amines is 2. The molecular formula is C84H84ClN13O13. The number of nitrogens with one attached hydrogen (secondary N) is 2. The number of fused-ring (bicyclic) bond motifs is 15. The van der Waals surface area contributed by atoms with Crippen LogP contribution >= 0.6 is 11.6 Å². The third-order valence-corrected chi connectivity index (χ3v) is 21.2. The summed E-state index contributed by atoms with van der Waals surface area (Å²) in [5.74, 6) is -0.286. The number of likely N-dealkylation sites (tertiary alicyclic amines) is 1. The lowest BCUT2D eigenvalue weighted by Gasteiger charge is -2.27. The first kappa shape index (κ1) is 76.5. The predicted octanol–water partition coefficient (Wildman–Crippen LogP) is 11.6. The second-order valence-electron chi connectivity index (χ2n) is 29.0. The van der Waals surface area contributed by atoms with Gasteiger partial charge in [-0.15, -0.1) is 11.6 Å². The number of anilines is 1. The first-order valence-electron chi connectivity index (χ1n) is 37.6. The molecule has 5 aromatic carbocycles. The maximum absolute atomic E-state index is 12.8. The molecule has 8 heterocycles. The minimum Gasteiger partial charge on any atom is -0.395 e. The van der Waals surface area contributed by atoms with Crippen molar-refractivity contribution >= 4 is 75.4 Å². The van der Waals surface area contributed by atoms with Crippen molar-refractivity contribution in [3.05, 3.63) is 201 Å². The van der Waals surface area contributed by atoms with Gasteiger partial charge in [0.1, 0.15) is 80.2 Å². The van der Waals surface area contributed by atoms with Crippen LogP contribution in [0.5, 0.6) is 0 Å². The van der Waals surface area contributed by atoms with Gasteiger partial charge < -0.3 is 43.1 Å². The zero-order valence-electron chi connectivity index (χ0n) is 62.7. The number of alkyl halides is 1. The number of hydrogen-bond donors (Lipinski definition) is 3. The lowest BCUT2D eigenvalue weighted by atomic mass is 9.90. The maximum Gasteiger partial charge on any atom is 0.252 e. The highest BCUT2D eigenvalue weighted by Gasteiger charge is 2.42. The van der Waals surface area contributed by atoms with Crippen molar-refractivity contribution in [1.82, 2.24) is 58.4 Å². The molecule has 1 atom stereocenters. The first-order valence-corrected chi connectivity index (χ1v) is 38.1. The monoisotopic (exact) mass is 1520 g/mol. The van der Waals surface area contributed by atoms with E-state index in [-0.39, 0.29) is 36.9 Å². The number of carbonyl (C=O) groups is 10. The lowest BCUT2D eigenvalue weighted by molar-refractivity contribution is 0.0361. The highest BCUT2D eigenvalue weighted by molar-refractivity contribution is 6.55. The molecule has 0 radical (unpaired) electrons. The van der Waals surface area contributed by atoms with E-state index in [4.69, 9.17) is 26.1 Å². The summed E-state index contributed by atoms with van der Waals surface area (Å²) in [6.07, 6.45) is 2.40. The molecule has 3 aliphatic heterocycles. The molecular weight excluding hydrogens is 1430 g/mol. The number of benzene rings is 5. The van der Waals surface area contributed by atoms with Gasteiger partial charge in [0.25, 0.3) is 28.9 Å². The average Bonchev–Trinajstić information content (AvgIpc) is 1.64. The summed E-state index contributed by atoms with van der Waals surface area (Å²) in [6.45, 7) is 24.4. The smallest absolute Gasteiger partial charge is 0.252 e. The van der Waals surface area contributed by atoms with Gasteiger partial charge in [0.2, 0.25) is 34.9 Å². The Kier molecular flexibility index (Phi) is 22.3. The fourth-order valence-corrected chi connectivity index (χ4v) is 15.6. The molecule has 0 saturated carbocycles. The zero-order chi connectivity index (χ0) is 78.2. The molecule has 1 unspecified atom stereocenters. The van der Waals surface area contributed by atoms with E-state index in [0.717, 1.165) is 93.2 Å². The number of H-pyrrole nitrogens is 2.